The Labute approximate surface area is 293 Å². The van der Waals surface area contributed by atoms with E-state index in [0.717, 1.165) is 0 Å². The van der Waals surface area contributed by atoms with E-state index in [1.54, 1.807) is 0 Å². The molecule has 0 heterocycles. The molecular formula is C50H34. The normalized spacial score (nSPS) is 11.2. The molecular weight excluding hydrogens is 601 g/mol. The summed E-state index contributed by atoms with van der Waals surface area (Å²) in [6, 6.07) is 74.8. The van der Waals surface area contributed by atoms with Crippen molar-refractivity contribution in [1.29, 1.82) is 0 Å². The zero-order valence-electron chi connectivity index (χ0n) is 27.6. The highest BCUT2D eigenvalue weighted by Crippen LogP contribution is 2.44. The molecule has 0 unspecified atom stereocenters. The lowest BCUT2D eigenvalue weighted by Gasteiger charge is -2.18. The third-order valence-electron chi connectivity index (χ3n) is 9.88. The van der Waals surface area contributed by atoms with Crippen molar-refractivity contribution in [2.75, 3.05) is 0 Å². The molecule has 9 rings (SSSR count). The minimum absolute atomic E-state index is 1.21. The predicted molar refractivity (Wildman–Crippen MR) is 214 cm³/mol. The molecule has 0 saturated carbocycles. The van der Waals surface area contributed by atoms with Gasteiger partial charge in [-0.1, -0.05) is 194 Å². The van der Waals surface area contributed by atoms with Gasteiger partial charge in [0.05, 0.1) is 0 Å². The maximum atomic E-state index is 2.29. The van der Waals surface area contributed by atoms with Gasteiger partial charge in [-0.3, -0.25) is 0 Å². The Morgan fingerprint density at radius 1 is 0.160 bits per heavy atom. The molecule has 0 saturated heterocycles. The second-order valence-corrected chi connectivity index (χ2v) is 12.9. The van der Waals surface area contributed by atoms with E-state index in [-0.39, 0.29) is 0 Å². The van der Waals surface area contributed by atoms with Gasteiger partial charge in [0.2, 0.25) is 0 Å². The highest BCUT2D eigenvalue weighted by Gasteiger charge is 2.17. The fourth-order valence-corrected chi connectivity index (χ4v) is 7.43. The van der Waals surface area contributed by atoms with Crippen molar-refractivity contribution in [3.05, 3.63) is 206 Å². The lowest BCUT2D eigenvalue weighted by Crippen LogP contribution is -1.91. The summed E-state index contributed by atoms with van der Waals surface area (Å²) in [5, 5.41) is 5.05. The lowest BCUT2D eigenvalue weighted by atomic mass is 9.85. The van der Waals surface area contributed by atoms with Crippen LogP contribution in [0.15, 0.2) is 206 Å². The summed E-state index contributed by atoms with van der Waals surface area (Å²) in [6.45, 7) is 0. The van der Waals surface area contributed by atoms with Crippen molar-refractivity contribution < 1.29 is 0 Å². The van der Waals surface area contributed by atoms with Gasteiger partial charge in [0.1, 0.15) is 0 Å². The van der Waals surface area contributed by atoms with Crippen LogP contribution in [-0.4, -0.2) is 0 Å². The van der Waals surface area contributed by atoms with E-state index >= 15 is 0 Å². The van der Waals surface area contributed by atoms with Crippen LogP contribution in [-0.2, 0) is 0 Å². The second-order valence-electron chi connectivity index (χ2n) is 12.9. The summed E-state index contributed by atoms with van der Waals surface area (Å²) in [6.07, 6.45) is 0. The van der Waals surface area contributed by atoms with Gasteiger partial charge >= 0.3 is 0 Å². The van der Waals surface area contributed by atoms with E-state index < -0.39 is 0 Å². The molecule has 9 aromatic carbocycles. The molecule has 0 nitrogen and oxygen atoms in total. The van der Waals surface area contributed by atoms with Crippen molar-refractivity contribution >= 4 is 21.5 Å². The maximum absolute atomic E-state index is 2.29. The Bertz CT molecular complexity index is 2350. The third kappa shape index (κ3) is 5.48. The second kappa shape index (κ2) is 12.8. The zero-order chi connectivity index (χ0) is 33.3. The summed E-state index contributed by atoms with van der Waals surface area (Å²) < 4.78 is 0. The van der Waals surface area contributed by atoms with Gasteiger partial charge in [-0.25, -0.2) is 0 Å². The van der Waals surface area contributed by atoms with Crippen LogP contribution in [0.2, 0.25) is 0 Å². The van der Waals surface area contributed by atoms with Gasteiger partial charge in [-0.2, -0.15) is 0 Å². The van der Waals surface area contributed by atoms with E-state index in [4.69, 9.17) is 0 Å². The van der Waals surface area contributed by atoms with Crippen molar-refractivity contribution in [2.45, 2.75) is 0 Å². The van der Waals surface area contributed by atoms with Crippen LogP contribution in [0.3, 0.4) is 0 Å². The standard InChI is InChI=1S/C50H34/c1-3-13-35(14-4-1)41-17-11-19-43(33-41)37-25-29-39(30-26-37)49-45-21-7-9-23-47(45)50(48-24-10-8-22-46(48)49)40-31-27-38(28-32-40)44-20-12-18-42(34-44)36-15-5-2-6-16-36/h1-34H. The molecule has 0 fully saturated rings. The Hall–Kier alpha value is -6.50. The monoisotopic (exact) mass is 634 g/mol. The first kappa shape index (κ1) is 29.6. The van der Waals surface area contributed by atoms with Crippen LogP contribution in [0.25, 0.3) is 88.3 Å². The van der Waals surface area contributed by atoms with Crippen molar-refractivity contribution in [1.82, 2.24) is 0 Å². The topological polar surface area (TPSA) is 0 Å². The third-order valence-corrected chi connectivity index (χ3v) is 9.88. The first-order valence-corrected chi connectivity index (χ1v) is 17.3. The molecule has 0 aromatic heterocycles. The zero-order valence-corrected chi connectivity index (χ0v) is 27.6. The summed E-state index contributed by atoms with van der Waals surface area (Å²) in [4.78, 5) is 0. The predicted octanol–water partition coefficient (Wildman–Crippen LogP) is 14.0. The number of fused-ring (bicyclic) bond motifs is 2. The Morgan fingerprint density at radius 3 is 0.720 bits per heavy atom. The summed E-state index contributed by atoms with van der Waals surface area (Å²) >= 11 is 0. The minimum Gasteiger partial charge on any atom is -0.0622 e. The average Bonchev–Trinajstić information content (AvgIpc) is 3.21. The van der Waals surface area contributed by atoms with E-state index in [2.05, 4.69) is 206 Å². The van der Waals surface area contributed by atoms with Gasteiger partial charge in [0.15, 0.2) is 0 Å². The average molecular weight is 635 g/mol. The van der Waals surface area contributed by atoms with Gasteiger partial charge < -0.3 is 0 Å². The molecule has 9 aromatic rings. The smallest absolute Gasteiger partial charge is 0.00264 e. The van der Waals surface area contributed by atoms with E-state index in [0.29, 0.717) is 0 Å². The number of hydrogen-bond acceptors (Lipinski definition) is 0. The Balaban J connectivity index is 1.12. The van der Waals surface area contributed by atoms with Crippen LogP contribution < -0.4 is 0 Å². The van der Waals surface area contributed by atoms with Crippen LogP contribution in [0.5, 0.6) is 0 Å². The maximum Gasteiger partial charge on any atom is -0.00264 e. The molecule has 50 heavy (non-hydrogen) atoms. The molecule has 0 atom stereocenters. The Morgan fingerprint density at radius 2 is 0.400 bits per heavy atom. The number of rotatable bonds is 6. The first-order chi connectivity index (χ1) is 24.8. The Kier molecular flexibility index (Phi) is 7.61. The molecule has 0 aliphatic rings. The van der Waals surface area contributed by atoms with Crippen LogP contribution >= 0.6 is 0 Å². The first-order valence-electron chi connectivity index (χ1n) is 17.3. The van der Waals surface area contributed by atoms with Crippen molar-refractivity contribution in [3.63, 3.8) is 0 Å². The number of hydrogen-bond donors (Lipinski definition) is 0. The molecule has 0 radical (unpaired) electrons. The lowest BCUT2D eigenvalue weighted by molar-refractivity contribution is 1.58. The highest BCUT2D eigenvalue weighted by atomic mass is 14.2. The van der Waals surface area contributed by atoms with E-state index in [1.165, 1.54) is 88.3 Å². The molecule has 0 spiro atoms. The molecule has 0 bridgehead atoms. The fourth-order valence-electron chi connectivity index (χ4n) is 7.43. The largest absolute Gasteiger partial charge is 0.0622 e. The SMILES string of the molecule is c1ccc(-c2cccc(-c3ccc(-c4c5ccccc5c(-c5ccc(-c6cccc(-c7ccccc7)c6)cc5)c5ccccc45)cc3)c2)cc1. The van der Waals surface area contributed by atoms with Crippen LogP contribution in [0, 0.1) is 0 Å². The number of benzene rings is 9. The quantitative estimate of drug-likeness (QED) is 0.160. The van der Waals surface area contributed by atoms with Gasteiger partial charge in [-0.05, 0) is 100 Å². The van der Waals surface area contributed by atoms with Crippen LogP contribution in [0.1, 0.15) is 0 Å². The van der Waals surface area contributed by atoms with Gasteiger partial charge in [0, 0.05) is 0 Å². The van der Waals surface area contributed by atoms with E-state index in [1.807, 2.05) is 0 Å². The molecule has 0 amide bonds. The van der Waals surface area contributed by atoms with Gasteiger partial charge in [-0.15, -0.1) is 0 Å². The molecule has 234 valence electrons. The molecule has 0 aliphatic heterocycles. The molecule has 0 heteroatoms. The summed E-state index contributed by atoms with van der Waals surface area (Å²) in [5.74, 6) is 0. The van der Waals surface area contributed by atoms with Crippen LogP contribution in [0.4, 0.5) is 0 Å². The highest BCUT2D eigenvalue weighted by molar-refractivity contribution is 6.21. The van der Waals surface area contributed by atoms with Crippen molar-refractivity contribution in [2.24, 2.45) is 0 Å². The summed E-state index contributed by atoms with van der Waals surface area (Å²) in [7, 11) is 0. The minimum atomic E-state index is 1.21. The fraction of sp³-hybridized carbons (Fsp3) is 0. The van der Waals surface area contributed by atoms with E-state index in [9.17, 15) is 0 Å². The summed E-state index contributed by atoms with van der Waals surface area (Å²) in [5.41, 5.74) is 14.8. The van der Waals surface area contributed by atoms with Crippen molar-refractivity contribution in [3.8, 4) is 66.8 Å². The molecule has 0 N–H and O–H groups in total. The molecule has 0 aliphatic carbocycles. The van der Waals surface area contributed by atoms with Gasteiger partial charge in [0.25, 0.3) is 0 Å².